The van der Waals surface area contributed by atoms with Crippen LogP contribution in [0.5, 0.6) is 0 Å². The Morgan fingerprint density at radius 2 is 2.06 bits per heavy atom. The van der Waals surface area contributed by atoms with Crippen LogP contribution in [0.4, 0.5) is 0 Å². The zero-order valence-corrected chi connectivity index (χ0v) is 10.0. The molecule has 0 spiro atoms. The van der Waals surface area contributed by atoms with Gasteiger partial charge in [0.05, 0.1) is 17.9 Å². The van der Waals surface area contributed by atoms with Crippen molar-refractivity contribution in [1.29, 1.82) is 0 Å². The maximum absolute atomic E-state index is 11.4. The molecule has 16 heavy (non-hydrogen) atoms. The smallest absolute Gasteiger partial charge is 0.272 e. The zero-order chi connectivity index (χ0) is 12.0. The summed E-state index contributed by atoms with van der Waals surface area (Å²) in [6, 6.07) is 0. The minimum Gasteiger partial charge on any atom is -0.354 e. The van der Waals surface area contributed by atoms with E-state index in [1.54, 1.807) is 0 Å². The second-order valence-corrected chi connectivity index (χ2v) is 4.05. The molecule has 2 amide bonds. The molecule has 6 nitrogen and oxygen atoms in total. The third kappa shape index (κ3) is 3.93. The summed E-state index contributed by atoms with van der Waals surface area (Å²) in [6.07, 6.45) is 1.41. The summed E-state index contributed by atoms with van der Waals surface area (Å²) in [7, 11) is 0. The van der Waals surface area contributed by atoms with Crippen molar-refractivity contribution in [2.75, 3.05) is 13.1 Å². The molecule has 2 N–H and O–H groups in total. The fourth-order valence-electron chi connectivity index (χ4n) is 0.921. The predicted octanol–water partition coefficient (Wildman–Crippen LogP) is 0.0401. The van der Waals surface area contributed by atoms with Crippen LogP contribution >= 0.6 is 11.7 Å². The van der Waals surface area contributed by atoms with Crippen LogP contribution < -0.4 is 10.6 Å². The normalized spacial score (nSPS) is 10.2. The van der Waals surface area contributed by atoms with Crippen molar-refractivity contribution in [2.45, 2.75) is 13.8 Å². The molecule has 1 heterocycles. The lowest BCUT2D eigenvalue weighted by Crippen LogP contribution is -2.36. The maximum atomic E-state index is 11.4. The summed E-state index contributed by atoms with van der Waals surface area (Å²) in [6.45, 7) is 4.43. The van der Waals surface area contributed by atoms with E-state index < -0.39 is 0 Å². The first kappa shape index (κ1) is 12.6. The van der Waals surface area contributed by atoms with Gasteiger partial charge in [-0.3, -0.25) is 9.59 Å². The van der Waals surface area contributed by atoms with Crippen molar-refractivity contribution >= 4 is 23.5 Å². The minimum absolute atomic E-state index is 0.0235. The lowest BCUT2D eigenvalue weighted by atomic mass is 10.2. The van der Waals surface area contributed by atoms with Gasteiger partial charge in [0.15, 0.2) is 5.69 Å². The molecule has 0 saturated carbocycles. The van der Waals surface area contributed by atoms with E-state index in [0.29, 0.717) is 18.8 Å². The van der Waals surface area contributed by atoms with Gasteiger partial charge in [0.1, 0.15) is 0 Å². The number of rotatable bonds is 5. The monoisotopic (exact) mass is 242 g/mol. The molecular weight excluding hydrogens is 228 g/mol. The molecule has 0 atom stereocenters. The van der Waals surface area contributed by atoms with Crippen LogP contribution in [0, 0.1) is 5.92 Å². The lowest BCUT2D eigenvalue weighted by Gasteiger charge is -2.07. The van der Waals surface area contributed by atoms with Crippen LogP contribution in [0.1, 0.15) is 24.3 Å². The number of hydrogen-bond acceptors (Lipinski definition) is 5. The number of hydrogen-bond donors (Lipinski definition) is 2. The van der Waals surface area contributed by atoms with E-state index in [1.807, 2.05) is 13.8 Å². The summed E-state index contributed by atoms with van der Waals surface area (Å²) in [5.41, 5.74) is 0.306. The van der Waals surface area contributed by atoms with Gasteiger partial charge in [-0.1, -0.05) is 13.8 Å². The van der Waals surface area contributed by atoms with Gasteiger partial charge in [0.25, 0.3) is 5.91 Å². The van der Waals surface area contributed by atoms with Gasteiger partial charge >= 0.3 is 0 Å². The summed E-state index contributed by atoms with van der Waals surface area (Å²) in [4.78, 5) is 22.5. The molecule has 0 aliphatic rings. The van der Waals surface area contributed by atoms with Crippen molar-refractivity contribution in [2.24, 2.45) is 5.92 Å². The molecule has 88 valence electrons. The molecule has 0 unspecified atom stereocenters. The van der Waals surface area contributed by atoms with Gasteiger partial charge in [-0.25, -0.2) is 0 Å². The Balaban J connectivity index is 2.17. The highest BCUT2D eigenvalue weighted by Gasteiger charge is 2.08. The average Bonchev–Trinajstić information content (AvgIpc) is 2.76. The van der Waals surface area contributed by atoms with Gasteiger partial charge in [-0.15, -0.1) is 0 Å². The highest BCUT2D eigenvalue weighted by atomic mass is 32.1. The number of nitrogens with one attached hydrogen (secondary N) is 2. The first-order valence-electron chi connectivity index (χ1n) is 4.94. The van der Waals surface area contributed by atoms with E-state index in [9.17, 15) is 9.59 Å². The Morgan fingerprint density at radius 3 is 2.62 bits per heavy atom. The first-order chi connectivity index (χ1) is 7.61. The molecule has 1 rings (SSSR count). The highest BCUT2D eigenvalue weighted by molar-refractivity contribution is 6.99. The molecule has 0 fully saturated rings. The summed E-state index contributed by atoms with van der Waals surface area (Å²) in [5.74, 6) is -0.337. The number of amides is 2. The second-order valence-electron chi connectivity index (χ2n) is 3.49. The van der Waals surface area contributed by atoms with E-state index in [-0.39, 0.29) is 17.7 Å². The number of nitrogens with zero attached hydrogens (tertiary/aromatic N) is 2. The average molecular weight is 242 g/mol. The van der Waals surface area contributed by atoms with Crippen LogP contribution in [0.3, 0.4) is 0 Å². The third-order valence-corrected chi connectivity index (χ3v) is 2.31. The van der Waals surface area contributed by atoms with Gasteiger partial charge in [0, 0.05) is 19.0 Å². The predicted molar refractivity (Wildman–Crippen MR) is 60.1 cm³/mol. The molecule has 0 aliphatic carbocycles. The van der Waals surface area contributed by atoms with Crippen molar-refractivity contribution < 1.29 is 9.59 Å². The fourth-order valence-corrected chi connectivity index (χ4v) is 1.33. The van der Waals surface area contributed by atoms with Crippen molar-refractivity contribution in [3.63, 3.8) is 0 Å². The van der Waals surface area contributed by atoms with E-state index in [4.69, 9.17) is 0 Å². The Labute approximate surface area is 97.8 Å². The van der Waals surface area contributed by atoms with E-state index in [0.717, 1.165) is 11.7 Å². The van der Waals surface area contributed by atoms with Gasteiger partial charge in [-0.2, -0.15) is 8.75 Å². The number of carbonyl (C=O) groups excluding carboxylic acids is 2. The quantitative estimate of drug-likeness (QED) is 0.714. The van der Waals surface area contributed by atoms with Crippen LogP contribution in [-0.4, -0.2) is 33.7 Å². The third-order valence-electron chi connectivity index (χ3n) is 1.83. The van der Waals surface area contributed by atoms with Crippen LogP contribution in [0.15, 0.2) is 6.20 Å². The van der Waals surface area contributed by atoms with Crippen molar-refractivity contribution in [1.82, 2.24) is 19.4 Å². The van der Waals surface area contributed by atoms with Crippen molar-refractivity contribution in [3.05, 3.63) is 11.9 Å². The largest absolute Gasteiger partial charge is 0.354 e. The van der Waals surface area contributed by atoms with Gasteiger partial charge < -0.3 is 10.6 Å². The standard InChI is InChI=1S/C9H14N4O2S/c1-6(2)8(14)10-3-4-11-9(15)7-5-12-16-13-7/h5-6H,3-4H2,1-2H3,(H,10,14)(H,11,15). The lowest BCUT2D eigenvalue weighted by molar-refractivity contribution is -0.123. The highest BCUT2D eigenvalue weighted by Crippen LogP contribution is 1.93. The number of aromatic nitrogens is 2. The summed E-state index contributed by atoms with van der Waals surface area (Å²) < 4.78 is 7.51. The molecule has 0 saturated heterocycles. The zero-order valence-electron chi connectivity index (χ0n) is 9.19. The van der Waals surface area contributed by atoms with E-state index >= 15 is 0 Å². The topological polar surface area (TPSA) is 84.0 Å². The fraction of sp³-hybridized carbons (Fsp3) is 0.556. The first-order valence-corrected chi connectivity index (χ1v) is 5.67. The van der Waals surface area contributed by atoms with Gasteiger partial charge in [-0.05, 0) is 0 Å². The number of carbonyl (C=O) groups is 2. The molecule has 0 bridgehead atoms. The Bertz CT molecular complexity index is 350. The Kier molecular flexibility index (Phi) is 4.84. The molecule has 1 aromatic heterocycles. The Morgan fingerprint density at radius 1 is 1.38 bits per heavy atom. The van der Waals surface area contributed by atoms with E-state index in [1.165, 1.54) is 6.20 Å². The Hall–Kier alpha value is -1.50. The van der Waals surface area contributed by atoms with Gasteiger partial charge in [0.2, 0.25) is 5.91 Å². The SMILES string of the molecule is CC(C)C(=O)NCCNC(=O)c1cnsn1. The van der Waals surface area contributed by atoms with Crippen LogP contribution in [0.25, 0.3) is 0 Å². The van der Waals surface area contributed by atoms with Crippen molar-refractivity contribution in [3.8, 4) is 0 Å². The minimum atomic E-state index is -0.271. The molecular formula is C9H14N4O2S. The molecule has 0 radical (unpaired) electrons. The summed E-state index contributed by atoms with van der Waals surface area (Å²) in [5, 5.41) is 5.33. The molecule has 0 aliphatic heterocycles. The molecule has 1 aromatic rings. The van der Waals surface area contributed by atoms with E-state index in [2.05, 4.69) is 19.4 Å². The molecule has 7 heteroatoms. The molecule has 0 aromatic carbocycles. The second kappa shape index (κ2) is 6.16. The van der Waals surface area contributed by atoms with Crippen LogP contribution in [-0.2, 0) is 4.79 Å². The summed E-state index contributed by atoms with van der Waals surface area (Å²) >= 11 is 0.985. The van der Waals surface area contributed by atoms with Crippen LogP contribution in [0.2, 0.25) is 0 Å². The maximum Gasteiger partial charge on any atom is 0.272 e.